The first kappa shape index (κ1) is 22.7. The minimum atomic E-state index is -1.04. The molecule has 3 saturated heterocycles. The van der Waals surface area contributed by atoms with Crippen molar-refractivity contribution in [3.8, 4) is 0 Å². The molecule has 3 aliphatic heterocycles. The van der Waals surface area contributed by atoms with Gasteiger partial charge in [-0.3, -0.25) is 14.4 Å². The quantitative estimate of drug-likeness (QED) is 0.592. The van der Waals surface area contributed by atoms with E-state index < -0.39 is 29.1 Å². The molecule has 3 N–H and O–H groups in total. The average Bonchev–Trinajstić information content (AvgIpc) is 3.38. The van der Waals surface area contributed by atoms with Gasteiger partial charge >= 0.3 is 0 Å². The third-order valence-electron chi connectivity index (χ3n) is 7.74. The zero-order valence-corrected chi connectivity index (χ0v) is 19.2. The Hall–Kier alpha value is -2.45. The highest BCUT2D eigenvalue weighted by atomic mass is 16.5. The third-order valence-corrected chi connectivity index (χ3v) is 7.74. The summed E-state index contributed by atoms with van der Waals surface area (Å²) in [6, 6.07) is 4.94. The van der Waals surface area contributed by atoms with Crippen LogP contribution in [0.4, 0.5) is 5.69 Å². The molecule has 0 saturated carbocycles. The van der Waals surface area contributed by atoms with Crippen LogP contribution in [0.1, 0.15) is 43.7 Å². The first-order valence-corrected chi connectivity index (χ1v) is 11.5. The van der Waals surface area contributed by atoms with E-state index in [4.69, 9.17) is 4.74 Å². The second kappa shape index (κ2) is 8.15. The minimum Gasteiger partial charge on any atom is -0.396 e. The number of hydrogen-bond donors (Lipinski definition) is 3. The van der Waals surface area contributed by atoms with Gasteiger partial charge in [-0.25, -0.2) is 0 Å². The van der Waals surface area contributed by atoms with Gasteiger partial charge in [-0.2, -0.15) is 0 Å². The number of aliphatic hydroxyl groups excluding tert-OH is 1. The van der Waals surface area contributed by atoms with Gasteiger partial charge in [0.1, 0.15) is 11.6 Å². The number of nitrogens with zero attached hydrogens (tertiary/aromatic N) is 1. The van der Waals surface area contributed by atoms with Crippen LogP contribution in [-0.2, 0) is 19.1 Å². The van der Waals surface area contributed by atoms with Crippen molar-refractivity contribution in [1.82, 2.24) is 10.2 Å². The Morgan fingerprint density at radius 2 is 1.91 bits per heavy atom. The Morgan fingerprint density at radius 3 is 2.50 bits per heavy atom. The maximum absolute atomic E-state index is 13.8. The van der Waals surface area contributed by atoms with Crippen LogP contribution < -0.4 is 10.6 Å². The standard InChI is InChI=1S/C24H33N3O5/c1-5-23-10-11-24(32-23)17(16(23)20(29)25-4)22(31)27(12-7-13-28)19(24)21(30)26-18-14(2)8-6-9-15(18)3/h6,8-9,16-17,19,28H,5,7,10-13H2,1-4H3,(H,25,29)(H,26,30)/t16-,17+,19?,23+,24?/m1/s1. The van der Waals surface area contributed by atoms with Crippen molar-refractivity contribution in [2.75, 3.05) is 25.5 Å². The molecule has 0 aliphatic carbocycles. The molecule has 32 heavy (non-hydrogen) atoms. The number of fused-ring (bicyclic) bond motifs is 1. The summed E-state index contributed by atoms with van der Waals surface area (Å²) in [7, 11) is 1.57. The van der Waals surface area contributed by atoms with E-state index in [0.29, 0.717) is 25.7 Å². The first-order valence-electron chi connectivity index (χ1n) is 11.5. The molecule has 3 aliphatic rings. The number of anilines is 1. The van der Waals surface area contributed by atoms with Crippen LogP contribution in [0.15, 0.2) is 18.2 Å². The molecule has 174 valence electrons. The van der Waals surface area contributed by atoms with Crippen molar-refractivity contribution in [2.45, 2.75) is 63.7 Å². The number of ether oxygens (including phenoxy) is 1. The van der Waals surface area contributed by atoms with E-state index in [-0.39, 0.29) is 30.9 Å². The molecule has 3 amide bonds. The summed E-state index contributed by atoms with van der Waals surface area (Å²) < 4.78 is 6.62. The molecule has 1 aromatic carbocycles. The highest BCUT2D eigenvalue weighted by Gasteiger charge is 2.78. The van der Waals surface area contributed by atoms with Crippen LogP contribution in [0.2, 0.25) is 0 Å². The normalized spacial score (nSPS) is 32.8. The van der Waals surface area contributed by atoms with Crippen LogP contribution in [-0.4, -0.2) is 65.2 Å². The molecule has 3 fully saturated rings. The van der Waals surface area contributed by atoms with Gasteiger partial charge in [0.15, 0.2) is 0 Å². The van der Waals surface area contributed by atoms with Gasteiger partial charge in [0, 0.05) is 25.9 Å². The molecule has 2 unspecified atom stereocenters. The molecule has 3 heterocycles. The van der Waals surface area contributed by atoms with Crippen LogP contribution in [0.3, 0.4) is 0 Å². The van der Waals surface area contributed by atoms with Crippen molar-refractivity contribution >= 4 is 23.4 Å². The number of aryl methyl sites for hydroxylation is 2. The van der Waals surface area contributed by atoms with E-state index in [1.54, 1.807) is 7.05 Å². The fourth-order valence-corrected chi connectivity index (χ4v) is 6.26. The van der Waals surface area contributed by atoms with Crippen molar-refractivity contribution in [2.24, 2.45) is 11.8 Å². The van der Waals surface area contributed by atoms with E-state index in [1.807, 2.05) is 39.0 Å². The number of carbonyl (C=O) groups is 3. The Labute approximate surface area is 188 Å². The summed E-state index contributed by atoms with van der Waals surface area (Å²) in [5.41, 5.74) is 0.820. The Bertz CT molecular complexity index is 929. The highest BCUT2D eigenvalue weighted by Crippen LogP contribution is 2.64. The number of amides is 3. The Morgan fingerprint density at radius 1 is 1.22 bits per heavy atom. The summed E-state index contributed by atoms with van der Waals surface area (Å²) in [6.07, 6.45) is 2.13. The average molecular weight is 444 g/mol. The molecule has 5 atom stereocenters. The lowest BCUT2D eigenvalue weighted by molar-refractivity contribution is -0.146. The molecule has 8 nitrogen and oxygen atoms in total. The topological polar surface area (TPSA) is 108 Å². The van der Waals surface area contributed by atoms with Crippen molar-refractivity contribution in [3.05, 3.63) is 29.3 Å². The SMILES string of the molecule is CC[C@@]12CCC3(O1)C(C(=O)Nc1c(C)cccc1C)N(CCCO)C(=O)[C@@H]3[C@@H]2C(=O)NC. The lowest BCUT2D eigenvalue weighted by atomic mass is 9.65. The predicted molar refractivity (Wildman–Crippen MR) is 119 cm³/mol. The summed E-state index contributed by atoms with van der Waals surface area (Å²) >= 11 is 0. The number of hydrogen-bond acceptors (Lipinski definition) is 5. The van der Waals surface area contributed by atoms with Crippen molar-refractivity contribution < 1.29 is 24.2 Å². The summed E-state index contributed by atoms with van der Waals surface area (Å²) in [5, 5.41) is 15.2. The predicted octanol–water partition coefficient (Wildman–Crippen LogP) is 1.53. The van der Waals surface area contributed by atoms with Crippen LogP contribution in [0.25, 0.3) is 0 Å². The van der Waals surface area contributed by atoms with Crippen LogP contribution in [0, 0.1) is 25.7 Å². The molecule has 0 aromatic heterocycles. The lowest BCUT2D eigenvalue weighted by Gasteiger charge is -2.33. The van der Waals surface area contributed by atoms with Gasteiger partial charge in [-0.05, 0) is 50.7 Å². The number of benzene rings is 1. The molecule has 2 bridgehead atoms. The number of nitrogens with one attached hydrogen (secondary N) is 2. The second-order valence-corrected chi connectivity index (χ2v) is 9.31. The number of aliphatic hydroxyl groups is 1. The van der Waals surface area contributed by atoms with Crippen molar-refractivity contribution in [3.63, 3.8) is 0 Å². The summed E-state index contributed by atoms with van der Waals surface area (Å²) in [5.74, 6) is -2.09. The molecule has 4 rings (SSSR count). The van der Waals surface area contributed by atoms with E-state index >= 15 is 0 Å². The number of rotatable bonds is 7. The van der Waals surface area contributed by atoms with Gasteiger partial charge in [-0.15, -0.1) is 0 Å². The maximum Gasteiger partial charge on any atom is 0.250 e. The van der Waals surface area contributed by atoms with Gasteiger partial charge < -0.3 is 25.4 Å². The van der Waals surface area contributed by atoms with E-state index in [1.165, 1.54) is 4.90 Å². The lowest BCUT2D eigenvalue weighted by Crippen LogP contribution is -2.53. The molecular weight excluding hydrogens is 410 g/mol. The highest BCUT2D eigenvalue weighted by molar-refractivity contribution is 6.04. The Balaban J connectivity index is 1.77. The molecular formula is C24H33N3O5. The van der Waals surface area contributed by atoms with Crippen molar-refractivity contribution in [1.29, 1.82) is 0 Å². The van der Waals surface area contributed by atoms with E-state index in [0.717, 1.165) is 16.8 Å². The fourth-order valence-electron chi connectivity index (χ4n) is 6.26. The van der Waals surface area contributed by atoms with Gasteiger partial charge in [0.05, 0.1) is 17.4 Å². The largest absolute Gasteiger partial charge is 0.396 e. The number of carbonyl (C=O) groups excluding carboxylic acids is 3. The molecule has 0 radical (unpaired) electrons. The summed E-state index contributed by atoms with van der Waals surface area (Å²) in [4.78, 5) is 41.9. The fraction of sp³-hybridized carbons (Fsp3) is 0.625. The Kier molecular flexibility index (Phi) is 5.79. The van der Waals surface area contributed by atoms with Gasteiger partial charge in [-0.1, -0.05) is 25.1 Å². The molecule has 8 heteroatoms. The van der Waals surface area contributed by atoms with E-state index in [9.17, 15) is 19.5 Å². The number of para-hydroxylation sites is 1. The van der Waals surface area contributed by atoms with E-state index in [2.05, 4.69) is 10.6 Å². The maximum atomic E-state index is 13.8. The monoisotopic (exact) mass is 443 g/mol. The zero-order valence-electron chi connectivity index (χ0n) is 19.2. The third kappa shape index (κ3) is 3.07. The van der Waals surface area contributed by atoms with Crippen LogP contribution in [0.5, 0.6) is 0 Å². The van der Waals surface area contributed by atoms with Crippen LogP contribution >= 0.6 is 0 Å². The molecule has 1 aromatic rings. The summed E-state index contributed by atoms with van der Waals surface area (Å²) in [6.45, 7) is 5.97. The smallest absolute Gasteiger partial charge is 0.250 e. The van der Waals surface area contributed by atoms with Gasteiger partial charge in [0.25, 0.3) is 0 Å². The number of likely N-dealkylation sites (tertiary alicyclic amines) is 1. The van der Waals surface area contributed by atoms with Gasteiger partial charge in [0.2, 0.25) is 17.7 Å². The second-order valence-electron chi connectivity index (χ2n) is 9.31. The zero-order chi connectivity index (χ0) is 23.3. The minimum absolute atomic E-state index is 0.0919. The molecule has 1 spiro atoms. The first-order chi connectivity index (χ1) is 15.3.